The summed E-state index contributed by atoms with van der Waals surface area (Å²) in [5.41, 5.74) is 0. The number of nitrogens with one attached hydrogen (secondary N) is 2. The van der Waals surface area contributed by atoms with Crippen molar-refractivity contribution in [3.8, 4) is 0 Å². The number of hydrogen-bond acceptors (Lipinski definition) is 3. The van der Waals surface area contributed by atoms with Crippen molar-refractivity contribution in [2.24, 2.45) is 16.8 Å². The van der Waals surface area contributed by atoms with Crippen LogP contribution < -0.4 is 10.6 Å². The summed E-state index contributed by atoms with van der Waals surface area (Å²) >= 11 is 0. The minimum atomic E-state index is 0.573. The molecule has 1 aliphatic carbocycles. The van der Waals surface area contributed by atoms with Crippen molar-refractivity contribution < 1.29 is 0 Å². The number of hydrogen-bond donors (Lipinski definition) is 2. The third-order valence-corrected chi connectivity index (χ3v) is 5.84. The van der Waals surface area contributed by atoms with Gasteiger partial charge in [0.05, 0.1) is 0 Å². The zero-order valence-electron chi connectivity index (χ0n) is 16.5. The van der Waals surface area contributed by atoms with Gasteiger partial charge in [0.2, 0.25) is 0 Å². The van der Waals surface area contributed by atoms with Crippen LogP contribution in [0.4, 0.5) is 0 Å². The highest BCUT2D eigenvalue weighted by Gasteiger charge is 2.25. The Balaban J connectivity index is 1.81. The first-order chi connectivity index (χ1) is 11.5. The number of nitrogens with zero attached hydrogens (tertiary/aromatic N) is 3. The molecule has 0 aromatic heterocycles. The van der Waals surface area contributed by atoms with Crippen LogP contribution in [0.3, 0.4) is 0 Å². The van der Waals surface area contributed by atoms with Gasteiger partial charge in [-0.3, -0.25) is 9.89 Å². The molecule has 2 N–H and O–H groups in total. The SMILES string of the molecule is CN=C(NCC(C(C)C)N1CCN(C)CC1)NC1CCC(C)CC1. The van der Waals surface area contributed by atoms with E-state index in [2.05, 4.69) is 53.2 Å². The molecule has 2 rings (SSSR count). The second-order valence-corrected chi connectivity index (χ2v) is 8.20. The molecule has 1 aliphatic heterocycles. The Morgan fingerprint density at radius 3 is 2.25 bits per heavy atom. The van der Waals surface area contributed by atoms with Crippen LogP contribution in [0.25, 0.3) is 0 Å². The van der Waals surface area contributed by atoms with Gasteiger partial charge in [0.1, 0.15) is 0 Å². The molecule has 2 fully saturated rings. The predicted octanol–water partition coefficient (Wildman–Crippen LogP) is 2.00. The summed E-state index contributed by atoms with van der Waals surface area (Å²) in [4.78, 5) is 9.53. The van der Waals surface area contributed by atoms with Crippen LogP contribution in [0.1, 0.15) is 46.5 Å². The molecule has 0 radical (unpaired) electrons. The Kier molecular flexibility index (Phi) is 7.82. The largest absolute Gasteiger partial charge is 0.355 e. The monoisotopic (exact) mass is 337 g/mol. The fourth-order valence-electron chi connectivity index (χ4n) is 3.93. The first-order valence-electron chi connectivity index (χ1n) is 9.89. The average molecular weight is 338 g/mol. The molecule has 0 amide bonds. The van der Waals surface area contributed by atoms with Crippen molar-refractivity contribution in [1.29, 1.82) is 0 Å². The Morgan fingerprint density at radius 2 is 1.71 bits per heavy atom. The summed E-state index contributed by atoms with van der Waals surface area (Å²) in [5, 5.41) is 7.24. The lowest BCUT2D eigenvalue weighted by Crippen LogP contribution is -2.55. The Bertz CT molecular complexity index is 379. The number of guanidine groups is 1. The molecule has 5 nitrogen and oxygen atoms in total. The molecule has 1 saturated carbocycles. The third-order valence-electron chi connectivity index (χ3n) is 5.84. The molecule has 1 atom stereocenters. The standard InChI is InChI=1S/C19H39N5/c1-15(2)18(24-12-10-23(5)11-13-24)14-21-19(20-4)22-17-8-6-16(3)7-9-17/h15-18H,6-14H2,1-5H3,(H2,20,21,22). The zero-order valence-corrected chi connectivity index (χ0v) is 16.5. The van der Waals surface area contributed by atoms with E-state index in [1.54, 1.807) is 0 Å². The molecule has 0 aromatic rings. The average Bonchev–Trinajstić information content (AvgIpc) is 2.57. The smallest absolute Gasteiger partial charge is 0.191 e. The number of rotatable bonds is 5. The first-order valence-corrected chi connectivity index (χ1v) is 9.89. The molecule has 2 aliphatic rings. The van der Waals surface area contributed by atoms with Gasteiger partial charge in [-0.15, -0.1) is 0 Å². The highest BCUT2D eigenvalue weighted by molar-refractivity contribution is 5.80. The van der Waals surface area contributed by atoms with E-state index in [9.17, 15) is 0 Å². The number of aliphatic imine (C=N–C) groups is 1. The van der Waals surface area contributed by atoms with Crippen LogP contribution in [0.2, 0.25) is 0 Å². The maximum absolute atomic E-state index is 4.46. The lowest BCUT2D eigenvalue weighted by molar-refractivity contribution is 0.0899. The van der Waals surface area contributed by atoms with Crippen LogP contribution in [0.15, 0.2) is 4.99 Å². The quantitative estimate of drug-likeness (QED) is 0.595. The van der Waals surface area contributed by atoms with Gasteiger partial charge >= 0.3 is 0 Å². The van der Waals surface area contributed by atoms with Crippen molar-refractivity contribution >= 4 is 5.96 Å². The van der Waals surface area contributed by atoms with E-state index in [0.717, 1.165) is 18.4 Å². The van der Waals surface area contributed by atoms with E-state index in [-0.39, 0.29) is 0 Å². The van der Waals surface area contributed by atoms with E-state index < -0.39 is 0 Å². The van der Waals surface area contributed by atoms with Gasteiger partial charge in [-0.1, -0.05) is 20.8 Å². The topological polar surface area (TPSA) is 42.9 Å². The highest BCUT2D eigenvalue weighted by atomic mass is 15.3. The summed E-state index contributed by atoms with van der Waals surface area (Å²) in [7, 11) is 4.11. The van der Waals surface area contributed by atoms with Gasteiger partial charge in [-0.2, -0.15) is 0 Å². The van der Waals surface area contributed by atoms with Gasteiger partial charge in [-0.25, -0.2) is 0 Å². The van der Waals surface area contributed by atoms with Gasteiger partial charge in [0.15, 0.2) is 5.96 Å². The van der Waals surface area contributed by atoms with Gasteiger partial charge < -0.3 is 15.5 Å². The number of piperazine rings is 1. The van der Waals surface area contributed by atoms with Crippen LogP contribution in [-0.4, -0.2) is 74.7 Å². The van der Waals surface area contributed by atoms with Gasteiger partial charge in [0.25, 0.3) is 0 Å². The fraction of sp³-hybridized carbons (Fsp3) is 0.947. The molecule has 1 heterocycles. The molecule has 1 saturated heterocycles. The zero-order chi connectivity index (χ0) is 17.5. The fourth-order valence-corrected chi connectivity index (χ4v) is 3.93. The highest BCUT2D eigenvalue weighted by Crippen LogP contribution is 2.23. The molecule has 0 bridgehead atoms. The van der Waals surface area contributed by atoms with Crippen LogP contribution in [0, 0.1) is 11.8 Å². The molecule has 24 heavy (non-hydrogen) atoms. The predicted molar refractivity (Wildman–Crippen MR) is 104 cm³/mol. The minimum absolute atomic E-state index is 0.573. The molecular formula is C19H39N5. The summed E-state index contributed by atoms with van der Waals surface area (Å²) < 4.78 is 0. The normalized spacial score (nSPS) is 28.8. The summed E-state index contributed by atoms with van der Waals surface area (Å²) in [5.74, 6) is 2.52. The Hall–Kier alpha value is -0.810. The Labute approximate surface area is 149 Å². The minimum Gasteiger partial charge on any atom is -0.355 e. The second-order valence-electron chi connectivity index (χ2n) is 8.20. The van der Waals surface area contributed by atoms with E-state index >= 15 is 0 Å². The second kappa shape index (κ2) is 9.62. The van der Waals surface area contributed by atoms with Crippen molar-refractivity contribution in [2.45, 2.75) is 58.5 Å². The maximum atomic E-state index is 4.46. The molecule has 0 aromatic carbocycles. The van der Waals surface area contributed by atoms with E-state index in [0.29, 0.717) is 18.0 Å². The van der Waals surface area contributed by atoms with Crippen molar-refractivity contribution in [3.05, 3.63) is 0 Å². The molecule has 1 unspecified atom stereocenters. The van der Waals surface area contributed by atoms with Crippen molar-refractivity contribution in [2.75, 3.05) is 46.8 Å². The third kappa shape index (κ3) is 5.92. The first kappa shape index (κ1) is 19.5. The molecular weight excluding hydrogens is 298 g/mol. The van der Waals surface area contributed by atoms with Crippen molar-refractivity contribution in [1.82, 2.24) is 20.4 Å². The summed E-state index contributed by atoms with van der Waals surface area (Å²) in [6, 6.07) is 1.16. The molecule has 5 heteroatoms. The van der Waals surface area contributed by atoms with Crippen LogP contribution in [-0.2, 0) is 0 Å². The van der Waals surface area contributed by atoms with E-state index in [4.69, 9.17) is 0 Å². The van der Waals surface area contributed by atoms with Gasteiger partial charge in [-0.05, 0) is 44.6 Å². The summed E-state index contributed by atoms with van der Waals surface area (Å²) in [6.07, 6.45) is 5.22. The maximum Gasteiger partial charge on any atom is 0.191 e. The summed E-state index contributed by atoms with van der Waals surface area (Å²) in [6.45, 7) is 12.7. The Morgan fingerprint density at radius 1 is 1.08 bits per heavy atom. The molecule has 140 valence electrons. The van der Waals surface area contributed by atoms with Crippen molar-refractivity contribution in [3.63, 3.8) is 0 Å². The molecule has 0 spiro atoms. The van der Waals surface area contributed by atoms with E-state index in [1.165, 1.54) is 51.9 Å². The number of likely N-dealkylation sites (N-methyl/N-ethyl adjacent to an activating group) is 1. The van der Waals surface area contributed by atoms with Gasteiger partial charge in [0, 0.05) is 51.9 Å². The lowest BCUT2D eigenvalue weighted by Gasteiger charge is -2.40. The van der Waals surface area contributed by atoms with Crippen LogP contribution in [0.5, 0.6) is 0 Å². The van der Waals surface area contributed by atoms with Crippen LogP contribution >= 0.6 is 0 Å². The lowest BCUT2D eigenvalue weighted by atomic mass is 9.87. The van der Waals surface area contributed by atoms with E-state index in [1.807, 2.05) is 7.05 Å².